The van der Waals surface area contributed by atoms with Gasteiger partial charge in [0.2, 0.25) is 10.0 Å². The zero-order chi connectivity index (χ0) is 24.6. The summed E-state index contributed by atoms with van der Waals surface area (Å²) in [5.74, 6) is 0.663. The molecule has 1 atom stereocenters. The summed E-state index contributed by atoms with van der Waals surface area (Å²) < 4.78 is 29.8. The first kappa shape index (κ1) is 23.9. The number of sulfonamides is 1. The van der Waals surface area contributed by atoms with Gasteiger partial charge in [0.1, 0.15) is 5.82 Å². The van der Waals surface area contributed by atoms with E-state index in [0.29, 0.717) is 28.3 Å². The summed E-state index contributed by atoms with van der Waals surface area (Å²) in [7, 11) is -2.30. The predicted octanol–water partition coefficient (Wildman–Crippen LogP) is 5.20. The molecule has 0 bridgehead atoms. The zero-order valence-electron chi connectivity index (χ0n) is 20.1. The van der Waals surface area contributed by atoms with E-state index in [1.165, 1.54) is 15.9 Å². The number of benzene rings is 3. The first-order valence-corrected chi connectivity index (χ1v) is 12.7. The van der Waals surface area contributed by atoms with Crippen molar-refractivity contribution in [2.45, 2.75) is 44.6 Å². The van der Waals surface area contributed by atoms with Crippen LogP contribution in [0.4, 0.5) is 0 Å². The van der Waals surface area contributed by atoms with E-state index in [2.05, 4.69) is 13.8 Å². The van der Waals surface area contributed by atoms with Crippen molar-refractivity contribution in [3.05, 3.63) is 100 Å². The molecule has 1 heterocycles. The van der Waals surface area contributed by atoms with Crippen molar-refractivity contribution in [3.8, 4) is 5.69 Å². The van der Waals surface area contributed by atoms with Crippen molar-refractivity contribution in [2.24, 2.45) is 0 Å². The van der Waals surface area contributed by atoms with Gasteiger partial charge in [0.05, 0.1) is 27.5 Å². The van der Waals surface area contributed by atoms with Gasteiger partial charge in [0.15, 0.2) is 0 Å². The average Bonchev–Trinajstić information content (AvgIpc) is 2.84. The molecule has 6 nitrogen and oxygen atoms in total. The van der Waals surface area contributed by atoms with E-state index in [-0.39, 0.29) is 10.5 Å². The fourth-order valence-electron chi connectivity index (χ4n) is 3.94. The molecule has 0 N–H and O–H groups in total. The topological polar surface area (TPSA) is 72.3 Å². The Labute approximate surface area is 200 Å². The molecule has 7 heteroatoms. The standard InChI is InChI=1S/C27H29N3O3S/c1-18(2)21-12-16-23(17-13-21)34(32,33)29(5)20(4)26-28-25-9-7-6-8-24(25)27(31)30(26)22-14-10-19(3)11-15-22/h6-18,20H,1-5H3. The summed E-state index contributed by atoms with van der Waals surface area (Å²) in [4.78, 5) is 18.5. The van der Waals surface area contributed by atoms with Crippen LogP contribution in [-0.4, -0.2) is 29.3 Å². The van der Waals surface area contributed by atoms with Crippen molar-refractivity contribution < 1.29 is 8.42 Å². The lowest BCUT2D eigenvalue weighted by atomic mass is 10.0. The Bertz CT molecular complexity index is 1490. The Kier molecular flexibility index (Phi) is 6.43. The van der Waals surface area contributed by atoms with Crippen LogP contribution < -0.4 is 5.56 Å². The Morgan fingerprint density at radius 2 is 1.50 bits per heavy atom. The van der Waals surface area contributed by atoms with Gasteiger partial charge in [-0.15, -0.1) is 0 Å². The number of aryl methyl sites for hydroxylation is 1. The Morgan fingerprint density at radius 3 is 2.12 bits per heavy atom. The number of hydrogen-bond acceptors (Lipinski definition) is 4. The number of fused-ring (bicyclic) bond motifs is 1. The van der Waals surface area contributed by atoms with E-state index in [1.54, 1.807) is 37.3 Å². The van der Waals surface area contributed by atoms with Crippen LogP contribution in [0.3, 0.4) is 0 Å². The molecule has 0 saturated carbocycles. The lowest BCUT2D eigenvalue weighted by Gasteiger charge is -2.26. The van der Waals surface area contributed by atoms with Crippen molar-refractivity contribution >= 4 is 20.9 Å². The molecule has 0 fully saturated rings. The van der Waals surface area contributed by atoms with E-state index in [9.17, 15) is 13.2 Å². The molecule has 1 unspecified atom stereocenters. The Balaban J connectivity index is 1.85. The molecule has 1 aromatic heterocycles. The molecular formula is C27H29N3O3S. The average molecular weight is 476 g/mol. The lowest BCUT2D eigenvalue weighted by molar-refractivity contribution is 0.379. The van der Waals surface area contributed by atoms with E-state index >= 15 is 0 Å². The fourth-order valence-corrected chi connectivity index (χ4v) is 5.26. The van der Waals surface area contributed by atoms with E-state index in [4.69, 9.17) is 4.98 Å². The van der Waals surface area contributed by atoms with Crippen molar-refractivity contribution in [2.75, 3.05) is 7.05 Å². The quantitative estimate of drug-likeness (QED) is 0.384. The third-order valence-corrected chi connectivity index (χ3v) is 8.18. The number of aromatic nitrogens is 2. The van der Waals surface area contributed by atoms with Crippen LogP contribution in [0.1, 0.15) is 49.7 Å². The van der Waals surface area contributed by atoms with E-state index in [1.807, 2.05) is 49.4 Å². The highest BCUT2D eigenvalue weighted by Crippen LogP contribution is 2.28. The summed E-state index contributed by atoms with van der Waals surface area (Å²) >= 11 is 0. The summed E-state index contributed by atoms with van der Waals surface area (Å²) in [6, 6.07) is 20.9. The van der Waals surface area contributed by atoms with Gasteiger partial charge in [-0.05, 0) is 61.7 Å². The van der Waals surface area contributed by atoms with Crippen LogP contribution in [0.5, 0.6) is 0 Å². The third kappa shape index (κ3) is 4.29. The largest absolute Gasteiger partial charge is 0.268 e. The minimum Gasteiger partial charge on any atom is -0.268 e. The van der Waals surface area contributed by atoms with Crippen LogP contribution in [-0.2, 0) is 10.0 Å². The zero-order valence-corrected chi connectivity index (χ0v) is 20.9. The van der Waals surface area contributed by atoms with Crippen molar-refractivity contribution in [3.63, 3.8) is 0 Å². The second-order valence-corrected chi connectivity index (χ2v) is 10.9. The Hall–Kier alpha value is -3.29. The fraction of sp³-hybridized carbons (Fsp3) is 0.259. The molecule has 0 aliphatic heterocycles. The first-order valence-electron chi connectivity index (χ1n) is 11.3. The van der Waals surface area contributed by atoms with Crippen LogP contribution >= 0.6 is 0 Å². The second kappa shape index (κ2) is 9.16. The molecule has 0 radical (unpaired) electrons. The molecule has 0 aliphatic rings. The molecule has 176 valence electrons. The highest BCUT2D eigenvalue weighted by Gasteiger charge is 2.30. The van der Waals surface area contributed by atoms with Crippen molar-refractivity contribution in [1.29, 1.82) is 0 Å². The van der Waals surface area contributed by atoms with Crippen LogP contribution in [0.2, 0.25) is 0 Å². The summed E-state index contributed by atoms with van der Waals surface area (Å²) in [6.07, 6.45) is 0. The van der Waals surface area contributed by atoms with Crippen LogP contribution in [0, 0.1) is 6.92 Å². The maximum absolute atomic E-state index is 13.5. The number of nitrogens with zero attached hydrogens (tertiary/aromatic N) is 3. The molecule has 0 aliphatic carbocycles. The van der Waals surface area contributed by atoms with Gasteiger partial charge < -0.3 is 0 Å². The smallest absolute Gasteiger partial charge is 0.266 e. The summed E-state index contributed by atoms with van der Waals surface area (Å²) in [5, 5.41) is 0.480. The van der Waals surface area contributed by atoms with Gasteiger partial charge in [0.25, 0.3) is 5.56 Å². The maximum atomic E-state index is 13.5. The molecule has 0 saturated heterocycles. The maximum Gasteiger partial charge on any atom is 0.266 e. The normalized spacial score (nSPS) is 13.0. The monoisotopic (exact) mass is 475 g/mol. The highest BCUT2D eigenvalue weighted by molar-refractivity contribution is 7.89. The lowest BCUT2D eigenvalue weighted by Crippen LogP contribution is -2.35. The summed E-state index contributed by atoms with van der Waals surface area (Å²) in [6.45, 7) is 7.85. The predicted molar refractivity (Wildman–Crippen MR) is 136 cm³/mol. The second-order valence-electron chi connectivity index (χ2n) is 8.88. The van der Waals surface area contributed by atoms with Gasteiger partial charge in [-0.1, -0.05) is 55.8 Å². The molecule has 0 spiro atoms. The van der Waals surface area contributed by atoms with Crippen LogP contribution in [0.25, 0.3) is 16.6 Å². The molecule has 3 aromatic carbocycles. The third-order valence-electron chi connectivity index (χ3n) is 6.24. The molecule has 4 aromatic rings. The molecule has 0 amide bonds. The SMILES string of the molecule is Cc1ccc(-n2c(C(C)N(C)S(=O)(=O)c3ccc(C(C)C)cc3)nc3ccccc3c2=O)cc1. The van der Waals surface area contributed by atoms with E-state index < -0.39 is 16.1 Å². The number of hydrogen-bond donors (Lipinski definition) is 0. The molecule has 34 heavy (non-hydrogen) atoms. The minimum atomic E-state index is -3.82. The highest BCUT2D eigenvalue weighted by atomic mass is 32.2. The van der Waals surface area contributed by atoms with E-state index in [0.717, 1.165) is 11.1 Å². The van der Waals surface area contributed by atoms with Gasteiger partial charge in [-0.25, -0.2) is 13.4 Å². The molecular weight excluding hydrogens is 446 g/mol. The van der Waals surface area contributed by atoms with Crippen molar-refractivity contribution in [1.82, 2.24) is 13.9 Å². The first-order chi connectivity index (χ1) is 16.1. The van der Waals surface area contributed by atoms with Gasteiger partial charge in [0, 0.05) is 7.05 Å². The van der Waals surface area contributed by atoms with Gasteiger partial charge in [-0.3, -0.25) is 9.36 Å². The number of para-hydroxylation sites is 1. The summed E-state index contributed by atoms with van der Waals surface area (Å²) in [5.41, 5.74) is 3.07. The Morgan fingerprint density at radius 1 is 0.882 bits per heavy atom. The van der Waals surface area contributed by atoms with Crippen LogP contribution in [0.15, 0.2) is 82.5 Å². The van der Waals surface area contributed by atoms with Gasteiger partial charge >= 0.3 is 0 Å². The minimum absolute atomic E-state index is 0.205. The molecule has 4 rings (SSSR count). The number of rotatable bonds is 6. The van der Waals surface area contributed by atoms with Gasteiger partial charge in [-0.2, -0.15) is 4.31 Å².